The Bertz CT molecular complexity index is 1060. The first-order valence-electron chi connectivity index (χ1n) is 10.9. The lowest BCUT2D eigenvalue weighted by molar-refractivity contribution is -0.142. The highest BCUT2D eigenvalue weighted by Crippen LogP contribution is 2.11. The number of rotatable bonds is 14. The van der Waals surface area contributed by atoms with Crippen LogP contribution in [-0.4, -0.2) is 74.4 Å². The molecule has 1 heterocycles. The normalized spacial score (nSPS) is 13.1. The average molecular weight is 504 g/mol. The van der Waals surface area contributed by atoms with Gasteiger partial charge >= 0.3 is 5.97 Å². The molecule has 1 aromatic heterocycles. The Hall–Kier alpha value is -4.46. The quantitative estimate of drug-likeness (QED) is 0.137. The van der Waals surface area contributed by atoms with E-state index in [0.29, 0.717) is 11.3 Å². The highest BCUT2D eigenvalue weighted by atomic mass is 16.4. The summed E-state index contributed by atoms with van der Waals surface area (Å²) in [5.74, 6) is -4.19. The molecule has 0 saturated heterocycles. The molecule has 10 N–H and O–H groups in total. The molecule has 0 bridgehead atoms. The molecule has 2 aromatic rings. The molecule has 194 valence electrons. The standard InChI is InChI=1S/C22H29N7O7/c23-15(7-12-1-3-14(30)4-2-12)20(33)26-10-19(32)28-16(5-6-18(24)31)21(34)29-17(22(35)36)8-13-9-25-11-27-13/h1-4,9,11,15-17,30H,5-8,10,23H2,(H2,24,31)(H,25,27)(H,26,33)(H,28,32)(H,29,34)(H,35,36). The van der Waals surface area contributed by atoms with E-state index in [1.807, 2.05) is 0 Å². The van der Waals surface area contributed by atoms with Crippen molar-refractivity contribution in [1.82, 2.24) is 25.9 Å². The number of primary amides is 1. The number of carboxylic acids is 1. The van der Waals surface area contributed by atoms with Gasteiger partial charge in [0.25, 0.3) is 0 Å². The summed E-state index contributed by atoms with van der Waals surface area (Å²) in [6.07, 6.45) is 2.40. The lowest BCUT2D eigenvalue weighted by Crippen LogP contribution is -2.54. The molecule has 0 aliphatic heterocycles. The third kappa shape index (κ3) is 9.42. The first kappa shape index (κ1) is 27.8. The van der Waals surface area contributed by atoms with E-state index in [-0.39, 0.29) is 31.4 Å². The number of aromatic hydroxyl groups is 1. The number of carboxylic acid groups (broad SMARTS) is 1. The Labute approximate surface area is 205 Å². The molecule has 3 atom stereocenters. The Morgan fingerprint density at radius 3 is 2.28 bits per heavy atom. The van der Waals surface area contributed by atoms with Crippen LogP contribution in [0, 0.1) is 0 Å². The van der Waals surface area contributed by atoms with Crippen LogP contribution < -0.4 is 27.4 Å². The summed E-state index contributed by atoms with van der Waals surface area (Å²) in [4.78, 5) is 66.6. The predicted octanol–water partition coefficient (Wildman–Crippen LogP) is -2.34. The van der Waals surface area contributed by atoms with Crippen molar-refractivity contribution in [1.29, 1.82) is 0 Å². The zero-order valence-electron chi connectivity index (χ0n) is 19.3. The lowest BCUT2D eigenvalue weighted by Gasteiger charge is -2.21. The van der Waals surface area contributed by atoms with Crippen molar-refractivity contribution in [2.45, 2.75) is 43.8 Å². The molecule has 0 spiro atoms. The number of amides is 4. The first-order valence-corrected chi connectivity index (χ1v) is 10.9. The van der Waals surface area contributed by atoms with Crippen LogP contribution in [-0.2, 0) is 36.8 Å². The minimum atomic E-state index is -1.33. The number of carbonyl (C=O) groups excluding carboxylic acids is 4. The minimum absolute atomic E-state index is 0.0688. The summed E-state index contributed by atoms with van der Waals surface area (Å²) in [5.41, 5.74) is 12.2. The number of benzene rings is 1. The number of hydrogen-bond donors (Lipinski definition) is 8. The van der Waals surface area contributed by atoms with Crippen LogP contribution in [0.3, 0.4) is 0 Å². The largest absolute Gasteiger partial charge is 0.508 e. The Kier molecular flexibility index (Phi) is 10.4. The van der Waals surface area contributed by atoms with E-state index in [9.17, 15) is 34.2 Å². The topological polar surface area (TPSA) is 243 Å². The van der Waals surface area contributed by atoms with Gasteiger partial charge < -0.3 is 42.6 Å². The Morgan fingerprint density at radius 2 is 1.69 bits per heavy atom. The van der Waals surface area contributed by atoms with Gasteiger partial charge in [-0.3, -0.25) is 19.2 Å². The van der Waals surface area contributed by atoms with Gasteiger partial charge in [0.1, 0.15) is 17.8 Å². The van der Waals surface area contributed by atoms with Crippen molar-refractivity contribution in [3.05, 3.63) is 48.0 Å². The first-order chi connectivity index (χ1) is 17.0. The molecule has 36 heavy (non-hydrogen) atoms. The average Bonchev–Trinajstić information content (AvgIpc) is 3.34. The summed E-state index contributed by atoms with van der Waals surface area (Å²) in [5, 5.41) is 25.8. The van der Waals surface area contributed by atoms with E-state index in [4.69, 9.17) is 11.5 Å². The summed E-state index contributed by atoms with van der Waals surface area (Å²) < 4.78 is 0. The zero-order valence-corrected chi connectivity index (χ0v) is 19.3. The van der Waals surface area contributed by atoms with Gasteiger partial charge in [0.05, 0.1) is 18.9 Å². The van der Waals surface area contributed by atoms with Crippen molar-refractivity contribution >= 4 is 29.6 Å². The third-order valence-corrected chi connectivity index (χ3v) is 5.08. The number of carbonyl (C=O) groups is 5. The van der Waals surface area contributed by atoms with Crippen molar-refractivity contribution in [3.63, 3.8) is 0 Å². The fourth-order valence-corrected chi connectivity index (χ4v) is 3.17. The van der Waals surface area contributed by atoms with Crippen LogP contribution in [0.4, 0.5) is 0 Å². The molecule has 3 unspecified atom stereocenters. The molecular weight excluding hydrogens is 474 g/mol. The van der Waals surface area contributed by atoms with Gasteiger partial charge in [-0.15, -0.1) is 0 Å². The van der Waals surface area contributed by atoms with Crippen molar-refractivity contribution in [2.75, 3.05) is 6.54 Å². The number of phenols is 1. The summed E-state index contributed by atoms with van der Waals surface area (Å²) in [6, 6.07) is 2.53. The second-order valence-corrected chi connectivity index (χ2v) is 8.00. The van der Waals surface area contributed by atoms with Gasteiger partial charge in [0.15, 0.2) is 0 Å². The van der Waals surface area contributed by atoms with Gasteiger partial charge in [0.2, 0.25) is 23.6 Å². The molecule has 0 radical (unpaired) electrons. The number of aliphatic carboxylic acids is 1. The Balaban J connectivity index is 1.93. The smallest absolute Gasteiger partial charge is 0.326 e. The van der Waals surface area contributed by atoms with Crippen LogP contribution in [0.5, 0.6) is 5.75 Å². The van der Waals surface area contributed by atoms with Crippen molar-refractivity contribution < 1.29 is 34.2 Å². The van der Waals surface area contributed by atoms with Crippen LogP contribution in [0.15, 0.2) is 36.8 Å². The number of nitrogens with zero attached hydrogens (tertiary/aromatic N) is 1. The molecular formula is C22H29N7O7. The molecule has 14 nitrogen and oxygen atoms in total. The maximum atomic E-state index is 12.7. The summed E-state index contributed by atoms with van der Waals surface area (Å²) in [6.45, 7) is -0.515. The number of aromatic nitrogens is 2. The summed E-state index contributed by atoms with van der Waals surface area (Å²) >= 11 is 0. The number of H-pyrrole nitrogens is 1. The molecule has 0 aliphatic carbocycles. The molecule has 1 aromatic carbocycles. The maximum Gasteiger partial charge on any atom is 0.326 e. The van der Waals surface area contributed by atoms with Crippen LogP contribution in [0.2, 0.25) is 0 Å². The van der Waals surface area contributed by atoms with Gasteiger partial charge in [0, 0.05) is 24.7 Å². The third-order valence-electron chi connectivity index (χ3n) is 5.08. The number of imidazole rings is 1. The lowest BCUT2D eigenvalue weighted by atomic mass is 10.1. The van der Waals surface area contributed by atoms with Gasteiger partial charge in [-0.2, -0.15) is 0 Å². The monoisotopic (exact) mass is 503 g/mol. The number of aromatic amines is 1. The molecule has 2 rings (SSSR count). The van der Waals surface area contributed by atoms with Crippen molar-refractivity contribution in [2.24, 2.45) is 11.5 Å². The molecule has 0 saturated carbocycles. The number of nitrogens with two attached hydrogens (primary N) is 2. The maximum absolute atomic E-state index is 12.7. The van der Waals surface area contributed by atoms with Gasteiger partial charge in [-0.1, -0.05) is 12.1 Å². The van der Waals surface area contributed by atoms with Gasteiger partial charge in [-0.25, -0.2) is 9.78 Å². The molecule has 4 amide bonds. The van der Waals surface area contributed by atoms with E-state index in [2.05, 4.69) is 25.9 Å². The number of phenolic OH excluding ortho intramolecular Hbond substituents is 1. The number of nitrogens with one attached hydrogen (secondary N) is 4. The Morgan fingerprint density at radius 1 is 1.00 bits per heavy atom. The molecule has 14 heteroatoms. The van der Waals surface area contributed by atoms with Crippen LogP contribution in [0.25, 0.3) is 0 Å². The van der Waals surface area contributed by atoms with Crippen LogP contribution >= 0.6 is 0 Å². The van der Waals surface area contributed by atoms with E-state index in [1.54, 1.807) is 12.1 Å². The molecule has 0 aliphatic rings. The van der Waals surface area contributed by atoms with E-state index in [0.717, 1.165) is 0 Å². The van der Waals surface area contributed by atoms with E-state index < -0.39 is 54.3 Å². The summed E-state index contributed by atoms with van der Waals surface area (Å²) in [7, 11) is 0. The van der Waals surface area contributed by atoms with Crippen LogP contribution in [0.1, 0.15) is 24.1 Å². The fraction of sp³-hybridized carbons (Fsp3) is 0.364. The van der Waals surface area contributed by atoms with Gasteiger partial charge in [-0.05, 0) is 30.5 Å². The van der Waals surface area contributed by atoms with E-state index in [1.165, 1.54) is 24.7 Å². The number of hydrogen-bond acceptors (Lipinski definition) is 8. The fourth-order valence-electron chi connectivity index (χ4n) is 3.17. The second-order valence-electron chi connectivity index (χ2n) is 8.00. The van der Waals surface area contributed by atoms with E-state index >= 15 is 0 Å². The second kappa shape index (κ2) is 13.4. The SMILES string of the molecule is NC(=O)CCC(NC(=O)CNC(=O)C(N)Cc1ccc(O)cc1)C(=O)NC(Cc1cnc[nH]1)C(=O)O. The minimum Gasteiger partial charge on any atom is -0.508 e. The predicted molar refractivity (Wildman–Crippen MR) is 125 cm³/mol. The molecule has 0 fully saturated rings. The zero-order chi connectivity index (χ0) is 26.7. The highest BCUT2D eigenvalue weighted by Gasteiger charge is 2.27. The van der Waals surface area contributed by atoms with Crippen molar-refractivity contribution in [3.8, 4) is 5.75 Å². The highest BCUT2D eigenvalue weighted by molar-refractivity contribution is 5.93.